The Kier molecular flexibility index (Phi) is 5.85. The summed E-state index contributed by atoms with van der Waals surface area (Å²) in [6.07, 6.45) is 7.11. The topological polar surface area (TPSA) is 92.6 Å². The molecule has 140 valence electrons. The maximum Gasteiger partial charge on any atom is 0.269 e. The number of nitro groups is 1. The van der Waals surface area contributed by atoms with Crippen molar-refractivity contribution in [2.24, 2.45) is 5.92 Å². The zero-order chi connectivity index (χ0) is 18.5. The highest BCUT2D eigenvalue weighted by molar-refractivity contribution is 5.94. The van der Waals surface area contributed by atoms with Crippen LogP contribution in [0.2, 0.25) is 0 Å². The van der Waals surface area contributed by atoms with Gasteiger partial charge in [-0.25, -0.2) is 0 Å². The molecule has 3 rings (SSSR count). The molecular formula is C19H25N3O4. The highest BCUT2D eigenvalue weighted by Crippen LogP contribution is 2.22. The fraction of sp³-hybridized carbons (Fsp3) is 0.579. The lowest BCUT2D eigenvalue weighted by Crippen LogP contribution is -2.45. The van der Waals surface area contributed by atoms with E-state index in [1.165, 1.54) is 43.5 Å². The fourth-order valence-corrected chi connectivity index (χ4v) is 3.82. The molecule has 2 amide bonds. The van der Waals surface area contributed by atoms with Gasteiger partial charge in [-0.15, -0.1) is 0 Å². The molecule has 0 spiro atoms. The summed E-state index contributed by atoms with van der Waals surface area (Å²) in [7, 11) is 0. The number of nitrogens with zero attached hydrogens (tertiary/aromatic N) is 2. The molecule has 1 heterocycles. The number of carbonyl (C=O) groups is 2. The van der Waals surface area contributed by atoms with Crippen LogP contribution in [0, 0.1) is 16.0 Å². The summed E-state index contributed by atoms with van der Waals surface area (Å²) in [4.78, 5) is 36.9. The summed E-state index contributed by atoms with van der Waals surface area (Å²) in [5.74, 6) is -0.0387. The molecule has 0 unspecified atom stereocenters. The van der Waals surface area contributed by atoms with Crippen molar-refractivity contribution < 1.29 is 14.5 Å². The van der Waals surface area contributed by atoms with Crippen molar-refractivity contribution in [3.8, 4) is 0 Å². The van der Waals surface area contributed by atoms with Crippen molar-refractivity contribution in [3.05, 3.63) is 39.9 Å². The first-order valence-electron chi connectivity index (χ1n) is 9.38. The molecule has 1 aromatic rings. The lowest BCUT2D eigenvalue weighted by Gasteiger charge is -2.32. The first-order chi connectivity index (χ1) is 12.5. The number of hydrogen-bond donors (Lipinski definition) is 1. The second-order valence-corrected chi connectivity index (χ2v) is 7.21. The number of rotatable bonds is 4. The predicted octanol–water partition coefficient (Wildman–Crippen LogP) is 2.90. The molecule has 26 heavy (non-hydrogen) atoms. The van der Waals surface area contributed by atoms with Gasteiger partial charge in [-0.3, -0.25) is 19.7 Å². The van der Waals surface area contributed by atoms with Crippen molar-refractivity contribution in [2.45, 2.75) is 51.0 Å². The van der Waals surface area contributed by atoms with Crippen LogP contribution in [0.15, 0.2) is 24.3 Å². The second kappa shape index (κ2) is 8.29. The number of nitrogens with one attached hydrogen (secondary N) is 1. The standard InChI is InChI=1S/C19H25N3O4/c23-18(20-16-4-2-1-3-5-16)14-10-12-21(13-11-14)19(24)15-6-8-17(9-7-15)22(25)26/h6-9,14,16H,1-5,10-13H2,(H,20,23). The molecule has 1 saturated carbocycles. The van der Waals surface area contributed by atoms with Crippen LogP contribution in [0.5, 0.6) is 0 Å². The van der Waals surface area contributed by atoms with Gasteiger partial charge in [0.1, 0.15) is 0 Å². The third kappa shape index (κ3) is 4.39. The molecule has 2 aliphatic rings. The number of benzene rings is 1. The average molecular weight is 359 g/mol. The zero-order valence-electron chi connectivity index (χ0n) is 14.9. The Bertz CT molecular complexity index is 660. The van der Waals surface area contributed by atoms with E-state index >= 15 is 0 Å². The third-order valence-electron chi connectivity index (χ3n) is 5.43. The normalized spacial score (nSPS) is 19.2. The quantitative estimate of drug-likeness (QED) is 0.661. The first kappa shape index (κ1) is 18.4. The molecule has 0 aromatic heterocycles. The minimum atomic E-state index is -0.481. The molecular weight excluding hydrogens is 334 g/mol. The maximum atomic E-state index is 12.5. The fourth-order valence-electron chi connectivity index (χ4n) is 3.82. The van der Waals surface area contributed by atoms with Crippen molar-refractivity contribution in [3.63, 3.8) is 0 Å². The maximum absolute atomic E-state index is 12.5. The monoisotopic (exact) mass is 359 g/mol. The highest BCUT2D eigenvalue weighted by atomic mass is 16.6. The molecule has 1 saturated heterocycles. The molecule has 1 aliphatic heterocycles. The van der Waals surface area contributed by atoms with Gasteiger partial charge >= 0.3 is 0 Å². The van der Waals surface area contributed by atoms with Crippen LogP contribution in [-0.2, 0) is 4.79 Å². The van der Waals surface area contributed by atoms with Gasteiger partial charge in [0.15, 0.2) is 0 Å². The Morgan fingerprint density at radius 3 is 2.19 bits per heavy atom. The minimum absolute atomic E-state index is 0.0281. The molecule has 1 N–H and O–H groups in total. The number of piperidine rings is 1. The van der Waals surface area contributed by atoms with Crippen LogP contribution in [0.25, 0.3) is 0 Å². The first-order valence-corrected chi connectivity index (χ1v) is 9.38. The van der Waals surface area contributed by atoms with E-state index < -0.39 is 4.92 Å². The summed E-state index contributed by atoms with van der Waals surface area (Å²) in [6.45, 7) is 1.08. The Morgan fingerprint density at radius 2 is 1.62 bits per heavy atom. The van der Waals surface area contributed by atoms with E-state index in [1.807, 2.05) is 0 Å². The number of amides is 2. The number of nitro benzene ring substituents is 1. The van der Waals surface area contributed by atoms with E-state index in [4.69, 9.17) is 0 Å². The SMILES string of the molecule is O=C(NC1CCCCC1)C1CCN(C(=O)c2ccc([N+](=O)[O-])cc2)CC1. The minimum Gasteiger partial charge on any atom is -0.353 e. The Balaban J connectivity index is 1.50. The summed E-state index contributed by atoms with van der Waals surface area (Å²) in [5, 5.41) is 13.9. The molecule has 2 fully saturated rings. The van der Waals surface area contributed by atoms with Crippen LogP contribution >= 0.6 is 0 Å². The third-order valence-corrected chi connectivity index (χ3v) is 5.43. The number of carbonyl (C=O) groups excluding carboxylic acids is 2. The lowest BCUT2D eigenvalue weighted by molar-refractivity contribution is -0.384. The van der Waals surface area contributed by atoms with Crippen molar-refractivity contribution >= 4 is 17.5 Å². The lowest BCUT2D eigenvalue weighted by atomic mass is 9.92. The molecule has 0 radical (unpaired) electrons. The van der Waals surface area contributed by atoms with E-state index in [-0.39, 0.29) is 23.4 Å². The van der Waals surface area contributed by atoms with E-state index in [0.29, 0.717) is 37.5 Å². The van der Waals surface area contributed by atoms with Gasteiger partial charge < -0.3 is 10.2 Å². The molecule has 1 aliphatic carbocycles. The summed E-state index contributed by atoms with van der Waals surface area (Å²) in [6, 6.07) is 5.98. The molecule has 0 atom stereocenters. The summed E-state index contributed by atoms with van der Waals surface area (Å²) in [5.41, 5.74) is 0.417. The molecule has 7 nitrogen and oxygen atoms in total. The van der Waals surface area contributed by atoms with Crippen molar-refractivity contribution in [1.29, 1.82) is 0 Å². The van der Waals surface area contributed by atoms with Gasteiger partial charge in [-0.05, 0) is 37.8 Å². The zero-order valence-corrected chi connectivity index (χ0v) is 14.9. The van der Waals surface area contributed by atoms with Gasteiger partial charge in [-0.2, -0.15) is 0 Å². The molecule has 0 bridgehead atoms. The average Bonchev–Trinajstić information content (AvgIpc) is 2.68. The van der Waals surface area contributed by atoms with Crippen LogP contribution in [0.1, 0.15) is 55.3 Å². The van der Waals surface area contributed by atoms with Crippen LogP contribution < -0.4 is 5.32 Å². The predicted molar refractivity (Wildman–Crippen MR) is 96.7 cm³/mol. The van der Waals surface area contributed by atoms with E-state index in [0.717, 1.165) is 12.8 Å². The second-order valence-electron chi connectivity index (χ2n) is 7.21. The number of hydrogen-bond acceptors (Lipinski definition) is 4. The summed E-state index contributed by atoms with van der Waals surface area (Å²) >= 11 is 0. The van der Waals surface area contributed by atoms with Crippen molar-refractivity contribution in [1.82, 2.24) is 10.2 Å². The van der Waals surface area contributed by atoms with Crippen LogP contribution in [0.4, 0.5) is 5.69 Å². The van der Waals surface area contributed by atoms with Crippen LogP contribution in [0.3, 0.4) is 0 Å². The highest BCUT2D eigenvalue weighted by Gasteiger charge is 2.29. The van der Waals surface area contributed by atoms with Gasteiger partial charge in [-0.1, -0.05) is 19.3 Å². The largest absolute Gasteiger partial charge is 0.353 e. The van der Waals surface area contributed by atoms with Gasteiger partial charge in [0, 0.05) is 42.7 Å². The van der Waals surface area contributed by atoms with Gasteiger partial charge in [0.25, 0.3) is 11.6 Å². The van der Waals surface area contributed by atoms with E-state index in [9.17, 15) is 19.7 Å². The number of likely N-dealkylation sites (tertiary alicyclic amines) is 1. The van der Waals surface area contributed by atoms with E-state index in [1.54, 1.807) is 4.90 Å². The van der Waals surface area contributed by atoms with Gasteiger partial charge in [0.2, 0.25) is 5.91 Å². The summed E-state index contributed by atoms with van der Waals surface area (Å²) < 4.78 is 0. The Hall–Kier alpha value is -2.44. The Labute approximate surface area is 152 Å². The smallest absolute Gasteiger partial charge is 0.269 e. The molecule has 7 heteroatoms. The van der Waals surface area contributed by atoms with E-state index in [2.05, 4.69) is 5.32 Å². The Morgan fingerprint density at radius 1 is 1.00 bits per heavy atom. The number of non-ortho nitro benzene ring substituents is 1. The van der Waals surface area contributed by atoms with Gasteiger partial charge in [0.05, 0.1) is 4.92 Å². The van der Waals surface area contributed by atoms with Crippen molar-refractivity contribution in [2.75, 3.05) is 13.1 Å². The van der Waals surface area contributed by atoms with Crippen LogP contribution in [-0.4, -0.2) is 40.8 Å². The molecule has 1 aromatic carbocycles.